The predicted molar refractivity (Wildman–Crippen MR) is 74.8 cm³/mol. The fourth-order valence-electron chi connectivity index (χ4n) is 1.62. The molecule has 6 heteroatoms. The van der Waals surface area contributed by atoms with Gasteiger partial charge in [-0.25, -0.2) is 0 Å². The molecule has 0 bridgehead atoms. The molecule has 1 unspecified atom stereocenters. The van der Waals surface area contributed by atoms with Crippen LogP contribution in [0.2, 0.25) is 0 Å². The highest BCUT2D eigenvalue weighted by Gasteiger charge is 2.09. The minimum atomic E-state index is -0.108. The third kappa shape index (κ3) is 5.06. The molecule has 0 aromatic carbocycles. The van der Waals surface area contributed by atoms with Gasteiger partial charge < -0.3 is 11.1 Å². The predicted octanol–water partition coefficient (Wildman–Crippen LogP) is 1.02. The molecule has 0 radical (unpaired) electrons. The van der Waals surface area contributed by atoms with Crippen LogP contribution in [-0.4, -0.2) is 28.8 Å². The lowest BCUT2D eigenvalue weighted by molar-refractivity contribution is -0.124. The van der Waals surface area contributed by atoms with Crippen LogP contribution in [0.4, 0.5) is 0 Å². The van der Waals surface area contributed by atoms with Crippen molar-refractivity contribution in [2.45, 2.75) is 33.7 Å². The first-order valence-electron chi connectivity index (χ1n) is 6.03. The van der Waals surface area contributed by atoms with E-state index < -0.39 is 0 Å². The average Bonchev–Trinajstić information content (AvgIpc) is 2.62. The molecule has 0 aliphatic rings. The van der Waals surface area contributed by atoms with Crippen LogP contribution in [0.25, 0.3) is 0 Å². The molecule has 0 saturated heterocycles. The molecule has 1 atom stereocenters. The van der Waals surface area contributed by atoms with Crippen molar-refractivity contribution in [3.8, 4) is 0 Å². The normalized spacial score (nSPS) is 11.8. The SMILES string of the molecule is Cc1cc(C)n(CCCNC(=O)C(C)CN)n1.Cl. The number of amides is 1. The van der Waals surface area contributed by atoms with E-state index in [2.05, 4.69) is 16.5 Å². The van der Waals surface area contributed by atoms with Crippen molar-refractivity contribution in [3.63, 3.8) is 0 Å². The Bertz CT molecular complexity index is 378. The number of nitrogens with two attached hydrogens (primary N) is 1. The van der Waals surface area contributed by atoms with Crippen molar-refractivity contribution in [1.29, 1.82) is 0 Å². The maximum Gasteiger partial charge on any atom is 0.224 e. The fourth-order valence-corrected chi connectivity index (χ4v) is 1.62. The van der Waals surface area contributed by atoms with E-state index in [9.17, 15) is 4.79 Å². The second-order valence-corrected chi connectivity index (χ2v) is 4.43. The summed E-state index contributed by atoms with van der Waals surface area (Å²) in [5.74, 6) is -0.0791. The number of rotatable bonds is 6. The minimum Gasteiger partial charge on any atom is -0.356 e. The van der Waals surface area contributed by atoms with E-state index in [1.54, 1.807) is 0 Å². The van der Waals surface area contributed by atoms with E-state index in [1.807, 2.05) is 25.5 Å². The van der Waals surface area contributed by atoms with Crippen LogP contribution < -0.4 is 11.1 Å². The summed E-state index contributed by atoms with van der Waals surface area (Å²) in [5.41, 5.74) is 7.60. The van der Waals surface area contributed by atoms with Gasteiger partial charge in [0.05, 0.1) is 5.69 Å². The summed E-state index contributed by atoms with van der Waals surface area (Å²) in [5, 5.41) is 7.23. The molecule has 1 amide bonds. The summed E-state index contributed by atoms with van der Waals surface area (Å²) in [4.78, 5) is 11.4. The number of hydrogen-bond acceptors (Lipinski definition) is 3. The summed E-state index contributed by atoms with van der Waals surface area (Å²) in [7, 11) is 0. The topological polar surface area (TPSA) is 72.9 Å². The molecule has 0 fully saturated rings. The quantitative estimate of drug-likeness (QED) is 0.761. The van der Waals surface area contributed by atoms with Crippen LogP contribution in [0.5, 0.6) is 0 Å². The van der Waals surface area contributed by atoms with Gasteiger partial charge >= 0.3 is 0 Å². The molecule has 0 aliphatic heterocycles. The van der Waals surface area contributed by atoms with E-state index in [0.29, 0.717) is 13.1 Å². The minimum absolute atomic E-state index is 0. The number of aryl methyl sites for hydroxylation is 3. The molecular formula is C12H23ClN4O. The van der Waals surface area contributed by atoms with Crippen molar-refractivity contribution in [3.05, 3.63) is 17.5 Å². The summed E-state index contributed by atoms with van der Waals surface area (Å²) in [6.45, 7) is 7.74. The van der Waals surface area contributed by atoms with Crippen LogP contribution in [0.3, 0.4) is 0 Å². The second kappa shape index (κ2) is 8.11. The number of carbonyl (C=O) groups is 1. The fraction of sp³-hybridized carbons (Fsp3) is 0.667. The first kappa shape index (κ1) is 16.9. The maximum atomic E-state index is 11.4. The summed E-state index contributed by atoms with van der Waals surface area (Å²) in [6.07, 6.45) is 0.880. The number of nitrogens with zero attached hydrogens (tertiary/aromatic N) is 2. The molecule has 1 aromatic rings. The highest BCUT2D eigenvalue weighted by Crippen LogP contribution is 2.02. The van der Waals surface area contributed by atoms with Gasteiger partial charge in [0.15, 0.2) is 0 Å². The smallest absolute Gasteiger partial charge is 0.224 e. The van der Waals surface area contributed by atoms with E-state index in [4.69, 9.17) is 5.73 Å². The lowest BCUT2D eigenvalue weighted by Crippen LogP contribution is -2.34. The summed E-state index contributed by atoms with van der Waals surface area (Å²) in [6, 6.07) is 2.05. The number of nitrogens with one attached hydrogen (secondary N) is 1. The van der Waals surface area contributed by atoms with Crippen LogP contribution in [0.1, 0.15) is 24.7 Å². The average molecular weight is 275 g/mol. The Balaban J connectivity index is 0.00000289. The maximum absolute atomic E-state index is 11.4. The third-order valence-corrected chi connectivity index (χ3v) is 2.75. The number of halogens is 1. The Morgan fingerprint density at radius 2 is 2.22 bits per heavy atom. The van der Waals surface area contributed by atoms with Crippen molar-refractivity contribution >= 4 is 18.3 Å². The van der Waals surface area contributed by atoms with E-state index in [-0.39, 0.29) is 24.2 Å². The molecule has 0 aliphatic carbocycles. The highest BCUT2D eigenvalue weighted by atomic mass is 35.5. The molecule has 1 aromatic heterocycles. The number of hydrogen-bond donors (Lipinski definition) is 2. The van der Waals surface area contributed by atoms with Gasteiger partial charge in [-0.2, -0.15) is 5.10 Å². The van der Waals surface area contributed by atoms with Crippen molar-refractivity contribution < 1.29 is 4.79 Å². The van der Waals surface area contributed by atoms with E-state index in [1.165, 1.54) is 0 Å². The van der Waals surface area contributed by atoms with E-state index >= 15 is 0 Å². The molecule has 5 nitrogen and oxygen atoms in total. The Hall–Kier alpha value is -1.07. The van der Waals surface area contributed by atoms with Crippen LogP contribution in [0.15, 0.2) is 6.07 Å². The lowest BCUT2D eigenvalue weighted by atomic mass is 10.2. The molecule has 104 valence electrons. The van der Waals surface area contributed by atoms with Crippen molar-refractivity contribution in [2.24, 2.45) is 11.7 Å². The van der Waals surface area contributed by atoms with Crippen LogP contribution in [0, 0.1) is 19.8 Å². The standard InChI is InChI=1S/C12H22N4O.ClH/c1-9(8-13)12(17)14-5-4-6-16-11(3)7-10(2)15-16;/h7,9H,4-6,8,13H2,1-3H3,(H,14,17);1H. The molecule has 3 N–H and O–H groups in total. The summed E-state index contributed by atoms with van der Waals surface area (Å²) >= 11 is 0. The first-order valence-corrected chi connectivity index (χ1v) is 6.03. The van der Waals surface area contributed by atoms with Gasteiger partial charge in [0.25, 0.3) is 0 Å². The van der Waals surface area contributed by atoms with Gasteiger partial charge in [-0.15, -0.1) is 12.4 Å². The Morgan fingerprint density at radius 1 is 1.56 bits per heavy atom. The molecule has 0 spiro atoms. The molecule has 0 saturated carbocycles. The van der Waals surface area contributed by atoms with Crippen molar-refractivity contribution in [1.82, 2.24) is 15.1 Å². The third-order valence-electron chi connectivity index (χ3n) is 2.75. The van der Waals surface area contributed by atoms with Crippen LogP contribution >= 0.6 is 12.4 Å². The zero-order valence-corrected chi connectivity index (χ0v) is 12.1. The van der Waals surface area contributed by atoms with Gasteiger partial charge in [-0.1, -0.05) is 6.92 Å². The van der Waals surface area contributed by atoms with Gasteiger partial charge in [-0.05, 0) is 26.3 Å². The van der Waals surface area contributed by atoms with Gasteiger partial charge in [-0.3, -0.25) is 9.48 Å². The highest BCUT2D eigenvalue weighted by molar-refractivity contribution is 5.85. The van der Waals surface area contributed by atoms with Crippen molar-refractivity contribution in [2.75, 3.05) is 13.1 Å². The van der Waals surface area contributed by atoms with E-state index in [0.717, 1.165) is 24.4 Å². The second-order valence-electron chi connectivity index (χ2n) is 4.43. The van der Waals surface area contributed by atoms with Crippen LogP contribution in [-0.2, 0) is 11.3 Å². The van der Waals surface area contributed by atoms with Gasteiger partial charge in [0.2, 0.25) is 5.91 Å². The zero-order valence-electron chi connectivity index (χ0n) is 11.3. The molecule has 18 heavy (non-hydrogen) atoms. The zero-order chi connectivity index (χ0) is 12.8. The molecular weight excluding hydrogens is 252 g/mol. The lowest BCUT2D eigenvalue weighted by Gasteiger charge is -2.10. The molecule has 1 heterocycles. The van der Waals surface area contributed by atoms with Gasteiger partial charge in [0.1, 0.15) is 0 Å². The number of carbonyl (C=O) groups excluding carboxylic acids is 1. The number of aromatic nitrogens is 2. The Morgan fingerprint density at radius 3 is 2.72 bits per heavy atom. The first-order chi connectivity index (χ1) is 8.04. The Labute approximate surface area is 115 Å². The monoisotopic (exact) mass is 274 g/mol. The van der Waals surface area contributed by atoms with Gasteiger partial charge in [0, 0.05) is 31.2 Å². The summed E-state index contributed by atoms with van der Waals surface area (Å²) < 4.78 is 1.97. The Kier molecular flexibility index (Phi) is 7.62. The largest absolute Gasteiger partial charge is 0.356 e. The molecule has 1 rings (SSSR count).